The van der Waals surface area contributed by atoms with Crippen LogP contribution in [0.5, 0.6) is 0 Å². The SMILES string of the molecule is C[C@@H](O)c1ccc(N2CC(O)C(O)C2)cc1. The third-order valence-corrected chi connectivity index (χ3v) is 3.00. The van der Waals surface area contributed by atoms with Gasteiger partial charge in [0.2, 0.25) is 0 Å². The molecule has 0 aromatic heterocycles. The van der Waals surface area contributed by atoms with Crippen LogP contribution in [0.3, 0.4) is 0 Å². The Labute approximate surface area is 94.8 Å². The van der Waals surface area contributed by atoms with Crippen LogP contribution in [-0.4, -0.2) is 40.6 Å². The van der Waals surface area contributed by atoms with E-state index < -0.39 is 18.3 Å². The predicted octanol–water partition coefficient (Wildman–Crippen LogP) is 0.282. The molecule has 88 valence electrons. The molecule has 2 rings (SSSR count). The lowest BCUT2D eigenvalue weighted by Crippen LogP contribution is -2.22. The van der Waals surface area contributed by atoms with Crippen LogP contribution >= 0.6 is 0 Å². The summed E-state index contributed by atoms with van der Waals surface area (Å²) < 4.78 is 0. The van der Waals surface area contributed by atoms with Gasteiger partial charge in [-0.05, 0) is 24.6 Å². The lowest BCUT2D eigenvalue weighted by molar-refractivity contribution is 0.0572. The summed E-state index contributed by atoms with van der Waals surface area (Å²) in [5, 5.41) is 28.3. The molecule has 0 radical (unpaired) electrons. The first-order valence-electron chi connectivity index (χ1n) is 5.47. The third-order valence-electron chi connectivity index (χ3n) is 3.00. The van der Waals surface area contributed by atoms with Crippen molar-refractivity contribution in [1.29, 1.82) is 0 Å². The van der Waals surface area contributed by atoms with Crippen molar-refractivity contribution in [2.75, 3.05) is 18.0 Å². The second-order valence-corrected chi connectivity index (χ2v) is 4.31. The Morgan fingerprint density at radius 2 is 1.62 bits per heavy atom. The van der Waals surface area contributed by atoms with Crippen LogP contribution in [0.1, 0.15) is 18.6 Å². The first kappa shape index (κ1) is 11.4. The summed E-state index contributed by atoms with van der Waals surface area (Å²) >= 11 is 0. The maximum atomic E-state index is 9.44. The fraction of sp³-hybridized carbons (Fsp3) is 0.500. The van der Waals surface area contributed by atoms with Crippen LogP contribution in [0.4, 0.5) is 5.69 Å². The van der Waals surface area contributed by atoms with Gasteiger partial charge in [0, 0.05) is 18.8 Å². The summed E-state index contributed by atoms with van der Waals surface area (Å²) in [7, 11) is 0. The van der Waals surface area contributed by atoms with Crippen LogP contribution in [0.15, 0.2) is 24.3 Å². The first-order chi connectivity index (χ1) is 7.58. The molecule has 4 heteroatoms. The zero-order chi connectivity index (χ0) is 11.7. The lowest BCUT2D eigenvalue weighted by atomic mass is 10.1. The molecule has 0 spiro atoms. The van der Waals surface area contributed by atoms with Gasteiger partial charge >= 0.3 is 0 Å². The van der Waals surface area contributed by atoms with E-state index in [0.29, 0.717) is 13.1 Å². The van der Waals surface area contributed by atoms with E-state index in [2.05, 4.69) is 0 Å². The Kier molecular flexibility index (Phi) is 3.14. The molecule has 0 saturated carbocycles. The average Bonchev–Trinajstić information content (AvgIpc) is 2.59. The zero-order valence-electron chi connectivity index (χ0n) is 9.24. The number of aliphatic hydroxyl groups excluding tert-OH is 3. The van der Waals surface area contributed by atoms with Crippen molar-refractivity contribution < 1.29 is 15.3 Å². The molecule has 1 aliphatic heterocycles. The Morgan fingerprint density at radius 1 is 1.12 bits per heavy atom. The number of nitrogens with zero attached hydrogens (tertiary/aromatic N) is 1. The van der Waals surface area contributed by atoms with Crippen LogP contribution in [-0.2, 0) is 0 Å². The highest BCUT2D eigenvalue weighted by Crippen LogP contribution is 2.22. The van der Waals surface area contributed by atoms with E-state index in [1.165, 1.54) is 0 Å². The summed E-state index contributed by atoms with van der Waals surface area (Å²) in [5.74, 6) is 0. The van der Waals surface area contributed by atoms with Crippen molar-refractivity contribution in [2.45, 2.75) is 25.2 Å². The topological polar surface area (TPSA) is 63.9 Å². The highest BCUT2D eigenvalue weighted by Gasteiger charge is 2.29. The van der Waals surface area contributed by atoms with E-state index in [4.69, 9.17) is 0 Å². The number of hydrogen-bond acceptors (Lipinski definition) is 4. The number of anilines is 1. The number of β-amino-alcohol motifs (C(OH)–C–C–N with tert-alkyl or cyclic N) is 2. The molecule has 3 N–H and O–H groups in total. The van der Waals surface area contributed by atoms with Gasteiger partial charge in [0.05, 0.1) is 18.3 Å². The highest BCUT2D eigenvalue weighted by atomic mass is 16.3. The molecule has 16 heavy (non-hydrogen) atoms. The summed E-state index contributed by atoms with van der Waals surface area (Å²) in [6.07, 6.45) is -1.81. The summed E-state index contributed by atoms with van der Waals surface area (Å²) in [4.78, 5) is 1.93. The number of benzene rings is 1. The van der Waals surface area contributed by atoms with Crippen LogP contribution in [0.2, 0.25) is 0 Å². The van der Waals surface area contributed by atoms with E-state index in [-0.39, 0.29) is 0 Å². The predicted molar refractivity (Wildman–Crippen MR) is 61.3 cm³/mol. The molecule has 1 heterocycles. The smallest absolute Gasteiger partial charge is 0.0990 e. The molecule has 3 atom stereocenters. The quantitative estimate of drug-likeness (QED) is 0.674. The largest absolute Gasteiger partial charge is 0.389 e. The molecule has 2 unspecified atom stereocenters. The maximum absolute atomic E-state index is 9.44. The lowest BCUT2D eigenvalue weighted by Gasteiger charge is -2.18. The summed E-state index contributed by atoms with van der Waals surface area (Å²) in [6.45, 7) is 2.63. The fourth-order valence-electron chi connectivity index (χ4n) is 1.94. The fourth-order valence-corrected chi connectivity index (χ4v) is 1.94. The summed E-state index contributed by atoms with van der Waals surface area (Å²) in [5.41, 5.74) is 1.82. The Balaban J connectivity index is 2.11. The number of hydrogen-bond donors (Lipinski definition) is 3. The van der Waals surface area contributed by atoms with Crippen LogP contribution in [0, 0.1) is 0 Å². The highest BCUT2D eigenvalue weighted by molar-refractivity contribution is 5.49. The number of aliphatic hydroxyl groups is 3. The van der Waals surface area contributed by atoms with Gasteiger partial charge in [-0.15, -0.1) is 0 Å². The van der Waals surface area contributed by atoms with Crippen molar-refractivity contribution in [1.82, 2.24) is 0 Å². The van der Waals surface area contributed by atoms with Gasteiger partial charge in [-0.1, -0.05) is 12.1 Å². The molecule has 1 aromatic carbocycles. The van der Waals surface area contributed by atoms with Crippen molar-refractivity contribution in [3.63, 3.8) is 0 Å². The van der Waals surface area contributed by atoms with Gasteiger partial charge < -0.3 is 20.2 Å². The minimum Gasteiger partial charge on any atom is -0.389 e. The van der Waals surface area contributed by atoms with Gasteiger partial charge in [0.15, 0.2) is 0 Å². The molecular weight excluding hydrogens is 206 g/mol. The normalized spacial score (nSPS) is 27.1. The van der Waals surface area contributed by atoms with Gasteiger partial charge in [0.1, 0.15) is 0 Å². The second-order valence-electron chi connectivity index (χ2n) is 4.31. The zero-order valence-corrected chi connectivity index (χ0v) is 9.24. The van der Waals surface area contributed by atoms with Gasteiger partial charge in [-0.2, -0.15) is 0 Å². The van der Waals surface area contributed by atoms with Gasteiger partial charge in [0.25, 0.3) is 0 Å². The van der Waals surface area contributed by atoms with E-state index in [9.17, 15) is 15.3 Å². The van der Waals surface area contributed by atoms with Crippen molar-refractivity contribution in [3.8, 4) is 0 Å². The minimum atomic E-state index is -0.670. The van der Waals surface area contributed by atoms with Gasteiger partial charge in [-0.25, -0.2) is 0 Å². The average molecular weight is 223 g/mol. The molecule has 1 fully saturated rings. The van der Waals surface area contributed by atoms with Crippen LogP contribution in [0.25, 0.3) is 0 Å². The van der Waals surface area contributed by atoms with E-state index in [0.717, 1.165) is 11.3 Å². The van der Waals surface area contributed by atoms with Crippen molar-refractivity contribution >= 4 is 5.69 Å². The van der Waals surface area contributed by atoms with Crippen LogP contribution < -0.4 is 4.90 Å². The van der Waals surface area contributed by atoms with Crippen molar-refractivity contribution in [2.24, 2.45) is 0 Å². The number of rotatable bonds is 2. The monoisotopic (exact) mass is 223 g/mol. The van der Waals surface area contributed by atoms with Gasteiger partial charge in [-0.3, -0.25) is 0 Å². The van der Waals surface area contributed by atoms with Crippen molar-refractivity contribution in [3.05, 3.63) is 29.8 Å². The Hall–Kier alpha value is -1.10. The summed E-state index contributed by atoms with van der Waals surface area (Å²) in [6, 6.07) is 7.51. The molecule has 0 aliphatic carbocycles. The van der Waals surface area contributed by atoms with E-state index >= 15 is 0 Å². The molecule has 1 saturated heterocycles. The molecule has 0 amide bonds. The molecule has 1 aliphatic rings. The van der Waals surface area contributed by atoms with E-state index in [1.54, 1.807) is 6.92 Å². The maximum Gasteiger partial charge on any atom is 0.0990 e. The molecule has 4 nitrogen and oxygen atoms in total. The third kappa shape index (κ3) is 2.19. The molecule has 0 bridgehead atoms. The minimum absolute atomic E-state index is 0.454. The molecule has 1 aromatic rings. The molecular formula is C12H17NO3. The Morgan fingerprint density at radius 3 is 2.06 bits per heavy atom. The standard InChI is InChI=1S/C12H17NO3/c1-8(14)9-2-4-10(5-3-9)13-6-11(15)12(16)7-13/h2-5,8,11-12,14-16H,6-7H2,1H3/t8-,11?,12?/m1/s1. The van der Waals surface area contributed by atoms with E-state index in [1.807, 2.05) is 29.2 Å². The first-order valence-corrected chi connectivity index (χ1v) is 5.47. The Bertz CT molecular complexity index is 340. The second kappa shape index (κ2) is 4.41.